The molecular formula is C33H40ClN3O4S. The lowest BCUT2D eigenvalue weighted by Crippen LogP contribution is -2.55. The number of anilines is 1. The molecule has 1 saturated carbocycles. The van der Waals surface area contributed by atoms with Crippen molar-refractivity contribution in [3.05, 3.63) is 100 Å². The molecule has 2 amide bonds. The molecule has 0 bridgehead atoms. The van der Waals surface area contributed by atoms with Crippen LogP contribution in [-0.4, -0.2) is 50.0 Å². The van der Waals surface area contributed by atoms with Crippen LogP contribution in [0.25, 0.3) is 0 Å². The second-order valence-electron chi connectivity index (χ2n) is 11.3. The number of hydrogen-bond donors (Lipinski definition) is 1. The summed E-state index contributed by atoms with van der Waals surface area (Å²) in [5.74, 6) is -0.698. The van der Waals surface area contributed by atoms with E-state index < -0.39 is 28.5 Å². The van der Waals surface area contributed by atoms with E-state index in [9.17, 15) is 18.0 Å². The Kier molecular flexibility index (Phi) is 10.7. The van der Waals surface area contributed by atoms with Gasteiger partial charge in [0.2, 0.25) is 21.8 Å². The number of carbonyl (C=O) groups is 2. The summed E-state index contributed by atoms with van der Waals surface area (Å²) in [5, 5.41) is 3.58. The zero-order chi connectivity index (χ0) is 30.3. The molecule has 1 aliphatic carbocycles. The minimum atomic E-state index is -3.87. The molecule has 0 unspecified atom stereocenters. The third kappa shape index (κ3) is 8.58. The number of nitrogens with one attached hydrogen (secondary N) is 1. The number of nitrogens with zero attached hydrogens (tertiary/aromatic N) is 2. The van der Waals surface area contributed by atoms with E-state index in [-0.39, 0.29) is 18.5 Å². The van der Waals surface area contributed by atoms with Gasteiger partial charge >= 0.3 is 0 Å². The van der Waals surface area contributed by atoms with E-state index in [1.165, 1.54) is 4.90 Å². The first-order valence-electron chi connectivity index (χ1n) is 14.4. The predicted molar refractivity (Wildman–Crippen MR) is 169 cm³/mol. The van der Waals surface area contributed by atoms with Crippen molar-refractivity contribution in [1.82, 2.24) is 10.2 Å². The molecule has 42 heavy (non-hydrogen) atoms. The lowest BCUT2D eigenvalue weighted by Gasteiger charge is -2.35. The van der Waals surface area contributed by atoms with Gasteiger partial charge in [0.15, 0.2) is 0 Å². The maximum Gasteiger partial charge on any atom is 0.244 e. The van der Waals surface area contributed by atoms with Crippen molar-refractivity contribution in [2.45, 2.75) is 71.0 Å². The molecule has 0 saturated heterocycles. The molecule has 4 rings (SSSR count). The smallest absolute Gasteiger partial charge is 0.244 e. The van der Waals surface area contributed by atoms with Crippen LogP contribution in [0.15, 0.2) is 72.8 Å². The van der Waals surface area contributed by atoms with Crippen molar-refractivity contribution in [3.63, 3.8) is 0 Å². The van der Waals surface area contributed by atoms with Crippen molar-refractivity contribution in [2.24, 2.45) is 0 Å². The van der Waals surface area contributed by atoms with Crippen LogP contribution < -0.4 is 9.62 Å². The second kappa shape index (κ2) is 14.2. The van der Waals surface area contributed by atoms with Gasteiger partial charge in [0.05, 0.1) is 11.9 Å². The second-order valence-corrected chi connectivity index (χ2v) is 13.6. The van der Waals surface area contributed by atoms with Crippen LogP contribution in [0.5, 0.6) is 0 Å². The Morgan fingerprint density at radius 2 is 1.60 bits per heavy atom. The van der Waals surface area contributed by atoms with Gasteiger partial charge in [0.25, 0.3) is 0 Å². The fourth-order valence-electron chi connectivity index (χ4n) is 5.43. The number of sulfonamides is 1. The van der Waals surface area contributed by atoms with Crippen molar-refractivity contribution in [1.29, 1.82) is 0 Å². The van der Waals surface area contributed by atoms with Gasteiger partial charge < -0.3 is 10.2 Å². The Hall–Kier alpha value is -3.36. The molecule has 1 aliphatic rings. The molecule has 1 fully saturated rings. The molecule has 3 aromatic carbocycles. The first-order valence-corrected chi connectivity index (χ1v) is 16.7. The maximum absolute atomic E-state index is 14.3. The van der Waals surface area contributed by atoms with Crippen LogP contribution in [-0.2, 0) is 32.6 Å². The molecule has 224 valence electrons. The van der Waals surface area contributed by atoms with Gasteiger partial charge in [-0.2, -0.15) is 0 Å². The largest absolute Gasteiger partial charge is 0.352 e. The van der Waals surface area contributed by atoms with Gasteiger partial charge in [-0.1, -0.05) is 97.1 Å². The Labute approximate surface area is 254 Å². The van der Waals surface area contributed by atoms with E-state index in [0.717, 1.165) is 59.4 Å². The highest BCUT2D eigenvalue weighted by atomic mass is 35.5. The SMILES string of the molecule is Cc1ccc(CN(C(=O)CN(c2cc(Cl)ccc2C)S(C)(=O)=O)[C@@H](Cc2ccccc2)C(=O)NC2CCCCC2)cc1. The molecule has 0 aromatic heterocycles. The summed E-state index contributed by atoms with van der Waals surface area (Å²) in [6.07, 6.45) is 6.46. The fourth-order valence-corrected chi connectivity index (χ4v) is 6.50. The van der Waals surface area contributed by atoms with Gasteiger partial charge in [-0.3, -0.25) is 13.9 Å². The molecule has 7 nitrogen and oxygen atoms in total. The minimum Gasteiger partial charge on any atom is -0.352 e. The van der Waals surface area contributed by atoms with Crippen LogP contribution in [0.1, 0.15) is 54.4 Å². The number of halogens is 1. The van der Waals surface area contributed by atoms with E-state index in [0.29, 0.717) is 22.7 Å². The Balaban J connectivity index is 1.73. The predicted octanol–water partition coefficient (Wildman–Crippen LogP) is 5.81. The van der Waals surface area contributed by atoms with Crippen LogP contribution in [0.2, 0.25) is 5.02 Å². The molecule has 0 radical (unpaired) electrons. The average molecular weight is 610 g/mol. The van der Waals surface area contributed by atoms with E-state index in [1.54, 1.807) is 25.1 Å². The monoisotopic (exact) mass is 609 g/mol. The highest BCUT2D eigenvalue weighted by molar-refractivity contribution is 7.92. The standard InChI is InChI=1S/C33H40ClN3O4S/c1-24-14-17-27(18-15-24)22-36(32(38)23-37(42(3,40)41)30-21-28(34)19-16-25(30)2)31(20-26-10-6-4-7-11-26)33(39)35-29-12-8-5-9-13-29/h4,6-7,10-11,14-19,21,29,31H,5,8-9,12-13,20,22-23H2,1-3H3,(H,35,39)/t31-/m0/s1. The topological polar surface area (TPSA) is 86.8 Å². The first kappa shape index (κ1) is 31.6. The lowest BCUT2D eigenvalue weighted by atomic mass is 9.94. The summed E-state index contributed by atoms with van der Waals surface area (Å²) in [7, 11) is -3.87. The normalized spacial score (nSPS) is 14.7. The van der Waals surface area contributed by atoms with Crippen molar-refractivity contribution in [2.75, 3.05) is 17.1 Å². The van der Waals surface area contributed by atoms with Crippen LogP contribution >= 0.6 is 11.6 Å². The molecule has 3 aromatic rings. The number of amides is 2. The average Bonchev–Trinajstić information content (AvgIpc) is 2.96. The molecule has 0 heterocycles. The van der Waals surface area contributed by atoms with Crippen molar-refractivity contribution in [3.8, 4) is 0 Å². The highest BCUT2D eigenvalue weighted by Gasteiger charge is 2.34. The molecule has 1 N–H and O–H groups in total. The van der Waals surface area contributed by atoms with E-state index in [1.807, 2.05) is 61.5 Å². The highest BCUT2D eigenvalue weighted by Crippen LogP contribution is 2.27. The minimum absolute atomic E-state index is 0.0579. The number of carbonyl (C=O) groups excluding carboxylic acids is 2. The van der Waals surface area contributed by atoms with Crippen molar-refractivity contribution >= 4 is 39.1 Å². The maximum atomic E-state index is 14.3. The Morgan fingerprint density at radius 1 is 0.929 bits per heavy atom. The van der Waals surface area contributed by atoms with Gasteiger partial charge in [-0.15, -0.1) is 0 Å². The Morgan fingerprint density at radius 3 is 2.24 bits per heavy atom. The van der Waals surface area contributed by atoms with Crippen LogP contribution in [0.4, 0.5) is 5.69 Å². The van der Waals surface area contributed by atoms with E-state index >= 15 is 0 Å². The van der Waals surface area contributed by atoms with Gasteiger partial charge in [0, 0.05) is 24.0 Å². The van der Waals surface area contributed by atoms with Gasteiger partial charge in [-0.25, -0.2) is 8.42 Å². The summed E-state index contributed by atoms with van der Waals surface area (Å²) in [4.78, 5) is 29.8. The number of hydrogen-bond acceptors (Lipinski definition) is 4. The summed E-state index contributed by atoms with van der Waals surface area (Å²) < 4.78 is 27.2. The molecule has 0 spiro atoms. The van der Waals surface area contributed by atoms with Crippen molar-refractivity contribution < 1.29 is 18.0 Å². The lowest BCUT2D eigenvalue weighted by molar-refractivity contribution is -0.140. The summed E-state index contributed by atoms with van der Waals surface area (Å²) >= 11 is 6.24. The fraction of sp³-hybridized carbons (Fsp3) is 0.394. The molecule has 9 heteroatoms. The van der Waals surface area contributed by atoms with Gasteiger partial charge in [-0.05, 0) is 55.5 Å². The number of benzene rings is 3. The Bertz CT molecular complexity index is 1470. The number of aryl methyl sites for hydroxylation is 2. The summed E-state index contributed by atoms with van der Waals surface area (Å²) in [5.41, 5.74) is 3.83. The summed E-state index contributed by atoms with van der Waals surface area (Å²) in [6, 6.07) is 21.6. The van der Waals surface area contributed by atoms with Crippen LogP contribution in [0, 0.1) is 13.8 Å². The summed E-state index contributed by atoms with van der Waals surface area (Å²) in [6.45, 7) is 3.45. The van der Waals surface area contributed by atoms with Gasteiger partial charge in [0.1, 0.15) is 12.6 Å². The third-order valence-corrected chi connectivity index (χ3v) is 9.18. The van der Waals surface area contributed by atoms with E-state index in [2.05, 4.69) is 5.32 Å². The quantitative estimate of drug-likeness (QED) is 0.297. The third-order valence-electron chi connectivity index (χ3n) is 7.82. The molecule has 0 aliphatic heterocycles. The molecule has 1 atom stereocenters. The zero-order valence-corrected chi connectivity index (χ0v) is 26.1. The van der Waals surface area contributed by atoms with E-state index in [4.69, 9.17) is 11.6 Å². The number of rotatable bonds is 11. The first-order chi connectivity index (χ1) is 20.0. The molecular weight excluding hydrogens is 570 g/mol. The van der Waals surface area contributed by atoms with Crippen LogP contribution in [0.3, 0.4) is 0 Å². The zero-order valence-electron chi connectivity index (χ0n) is 24.6.